The second kappa shape index (κ2) is 7.00. The average molecular weight is 417 g/mol. The van der Waals surface area contributed by atoms with Crippen LogP contribution in [0.3, 0.4) is 0 Å². The van der Waals surface area contributed by atoms with E-state index in [1.54, 1.807) is 18.2 Å². The van der Waals surface area contributed by atoms with E-state index in [1.807, 2.05) is 42.1 Å². The molecular weight excluding hydrogens is 400 g/mol. The number of carbonyl (C=O) groups excluding carboxylic acids is 1. The summed E-state index contributed by atoms with van der Waals surface area (Å²) in [6.07, 6.45) is 4.16. The molecule has 1 aromatic heterocycles. The summed E-state index contributed by atoms with van der Waals surface area (Å²) in [7, 11) is -4.08. The molecule has 0 saturated carbocycles. The minimum atomic E-state index is -4.08. The quantitative estimate of drug-likeness (QED) is 0.705. The van der Waals surface area contributed by atoms with Gasteiger partial charge in [0.2, 0.25) is 0 Å². The lowest BCUT2D eigenvalue weighted by atomic mass is 10.1. The first-order chi connectivity index (χ1) is 13.3. The van der Waals surface area contributed by atoms with Crippen molar-refractivity contribution in [1.82, 2.24) is 9.29 Å². The van der Waals surface area contributed by atoms with Gasteiger partial charge in [0.1, 0.15) is 11.9 Å². The first-order valence-corrected chi connectivity index (χ1v) is 10.5. The Morgan fingerprint density at radius 3 is 2.68 bits per heavy atom. The topological polar surface area (TPSA) is 77.4 Å². The van der Waals surface area contributed by atoms with Gasteiger partial charge in [-0.1, -0.05) is 17.7 Å². The molecule has 0 radical (unpaired) electrons. The Bertz CT molecular complexity index is 1160. The first-order valence-electron chi connectivity index (χ1n) is 8.63. The molecule has 1 N–H and O–H groups in total. The highest BCUT2D eigenvalue weighted by molar-refractivity contribution is 7.90. The maximum Gasteiger partial charge on any atom is 0.265 e. The van der Waals surface area contributed by atoms with Crippen LogP contribution in [0.1, 0.15) is 22.8 Å². The van der Waals surface area contributed by atoms with Crippen molar-refractivity contribution >= 4 is 27.5 Å². The van der Waals surface area contributed by atoms with Gasteiger partial charge in [-0.3, -0.25) is 4.79 Å². The number of amides is 1. The van der Waals surface area contributed by atoms with Gasteiger partial charge in [0, 0.05) is 35.6 Å². The van der Waals surface area contributed by atoms with Crippen molar-refractivity contribution in [3.63, 3.8) is 0 Å². The zero-order valence-corrected chi connectivity index (χ0v) is 16.5. The first kappa shape index (κ1) is 18.6. The molecule has 3 aromatic rings. The molecular formula is C20H17ClN2O4S. The number of rotatable bonds is 4. The molecule has 0 spiro atoms. The molecule has 1 unspecified atom stereocenters. The van der Waals surface area contributed by atoms with E-state index in [4.69, 9.17) is 16.3 Å². The predicted molar refractivity (Wildman–Crippen MR) is 106 cm³/mol. The van der Waals surface area contributed by atoms with Crippen LogP contribution in [-0.2, 0) is 16.4 Å². The average Bonchev–Trinajstić information content (AvgIpc) is 3.30. The largest absolute Gasteiger partial charge is 0.489 e. The number of ether oxygens (including phenoxy) is 1. The fraction of sp³-hybridized carbons (Fsp3) is 0.150. The molecule has 0 aliphatic carbocycles. The van der Waals surface area contributed by atoms with Crippen molar-refractivity contribution < 1.29 is 17.9 Å². The zero-order chi connectivity index (χ0) is 19.9. The SMILES string of the molecule is CC1Cc2cc(S(=O)(=O)NC(=O)c3cccc(-n4cccc4)c3)cc(Cl)c2O1. The van der Waals surface area contributed by atoms with E-state index in [0.717, 1.165) is 5.69 Å². The Kier molecular flexibility index (Phi) is 4.64. The number of fused-ring (bicyclic) bond motifs is 1. The summed E-state index contributed by atoms with van der Waals surface area (Å²) in [6.45, 7) is 1.88. The lowest BCUT2D eigenvalue weighted by molar-refractivity contribution is 0.0981. The summed E-state index contributed by atoms with van der Waals surface area (Å²) in [5, 5.41) is 0.212. The van der Waals surface area contributed by atoms with E-state index in [1.165, 1.54) is 12.1 Å². The van der Waals surface area contributed by atoms with E-state index in [-0.39, 0.29) is 21.6 Å². The molecule has 0 saturated heterocycles. The molecule has 1 atom stereocenters. The van der Waals surface area contributed by atoms with Crippen LogP contribution in [0, 0.1) is 0 Å². The number of carbonyl (C=O) groups is 1. The van der Waals surface area contributed by atoms with Crippen molar-refractivity contribution in [3.05, 3.63) is 77.1 Å². The van der Waals surface area contributed by atoms with E-state index < -0.39 is 15.9 Å². The van der Waals surface area contributed by atoms with Crippen LogP contribution in [0.4, 0.5) is 0 Å². The van der Waals surface area contributed by atoms with Gasteiger partial charge in [0.05, 0.1) is 9.92 Å². The molecule has 1 amide bonds. The third-order valence-corrected chi connectivity index (χ3v) is 6.06. The van der Waals surface area contributed by atoms with Crippen LogP contribution in [-0.4, -0.2) is 25.0 Å². The van der Waals surface area contributed by atoms with Gasteiger partial charge in [-0.15, -0.1) is 0 Å². The van der Waals surface area contributed by atoms with Crippen molar-refractivity contribution in [3.8, 4) is 11.4 Å². The number of hydrogen-bond acceptors (Lipinski definition) is 4. The second-order valence-corrected chi connectivity index (χ2v) is 8.69. The molecule has 0 bridgehead atoms. The minimum Gasteiger partial charge on any atom is -0.489 e. The molecule has 8 heteroatoms. The van der Waals surface area contributed by atoms with E-state index in [9.17, 15) is 13.2 Å². The Morgan fingerprint density at radius 2 is 1.93 bits per heavy atom. The minimum absolute atomic E-state index is 0.0659. The number of benzene rings is 2. The van der Waals surface area contributed by atoms with Gasteiger partial charge in [0.25, 0.3) is 15.9 Å². The highest BCUT2D eigenvalue weighted by Crippen LogP contribution is 2.38. The highest BCUT2D eigenvalue weighted by Gasteiger charge is 2.27. The Hall–Kier alpha value is -2.77. The fourth-order valence-corrected chi connectivity index (χ4v) is 4.57. The normalized spacial score (nSPS) is 15.7. The zero-order valence-electron chi connectivity index (χ0n) is 14.9. The van der Waals surface area contributed by atoms with Crippen LogP contribution >= 0.6 is 11.6 Å². The summed E-state index contributed by atoms with van der Waals surface area (Å²) in [4.78, 5) is 12.5. The Labute approximate surface area is 167 Å². The fourth-order valence-electron chi connectivity index (χ4n) is 3.17. The van der Waals surface area contributed by atoms with Crippen LogP contribution in [0.15, 0.2) is 65.8 Å². The summed E-state index contributed by atoms with van der Waals surface area (Å²) in [5.74, 6) is -0.214. The third-order valence-electron chi connectivity index (χ3n) is 4.47. The van der Waals surface area contributed by atoms with Crippen LogP contribution in [0.5, 0.6) is 5.75 Å². The molecule has 2 heterocycles. The smallest absolute Gasteiger partial charge is 0.265 e. The Morgan fingerprint density at radius 1 is 1.18 bits per heavy atom. The molecule has 0 fully saturated rings. The second-order valence-electron chi connectivity index (χ2n) is 6.60. The highest BCUT2D eigenvalue weighted by atomic mass is 35.5. The predicted octanol–water partition coefficient (Wildman–Crippen LogP) is 3.57. The van der Waals surface area contributed by atoms with Crippen molar-refractivity contribution in [2.45, 2.75) is 24.3 Å². The molecule has 6 nitrogen and oxygen atoms in total. The number of hydrogen-bond donors (Lipinski definition) is 1. The van der Waals surface area contributed by atoms with E-state index in [0.29, 0.717) is 17.7 Å². The summed E-state index contributed by atoms with van der Waals surface area (Å²) >= 11 is 6.17. The van der Waals surface area contributed by atoms with Crippen LogP contribution in [0.25, 0.3) is 5.69 Å². The number of halogens is 1. The van der Waals surface area contributed by atoms with Gasteiger partial charge in [-0.25, -0.2) is 13.1 Å². The summed E-state index contributed by atoms with van der Waals surface area (Å²) < 4.78 is 35.0. The van der Waals surface area contributed by atoms with Gasteiger partial charge in [-0.05, 0) is 49.4 Å². The molecule has 4 rings (SSSR count). The molecule has 1 aliphatic heterocycles. The van der Waals surface area contributed by atoms with Crippen molar-refractivity contribution in [1.29, 1.82) is 0 Å². The van der Waals surface area contributed by atoms with Crippen LogP contribution in [0.2, 0.25) is 5.02 Å². The molecule has 1 aliphatic rings. The van der Waals surface area contributed by atoms with Gasteiger partial charge < -0.3 is 9.30 Å². The molecule has 28 heavy (non-hydrogen) atoms. The lowest BCUT2D eigenvalue weighted by Crippen LogP contribution is -2.30. The van der Waals surface area contributed by atoms with Gasteiger partial charge in [0.15, 0.2) is 0 Å². The van der Waals surface area contributed by atoms with E-state index in [2.05, 4.69) is 4.72 Å². The summed E-state index contributed by atoms with van der Waals surface area (Å²) in [6, 6.07) is 13.2. The Balaban J connectivity index is 1.61. The lowest BCUT2D eigenvalue weighted by Gasteiger charge is -2.10. The van der Waals surface area contributed by atoms with Gasteiger partial charge >= 0.3 is 0 Å². The summed E-state index contributed by atoms with van der Waals surface area (Å²) in [5.41, 5.74) is 1.70. The molecule has 144 valence electrons. The maximum atomic E-state index is 12.7. The van der Waals surface area contributed by atoms with Crippen molar-refractivity contribution in [2.75, 3.05) is 0 Å². The number of sulfonamides is 1. The number of nitrogens with zero attached hydrogens (tertiary/aromatic N) is 1. The maximum absolute atomic E-state index is 12.7. The van der Waals surface area contributed by atoms with Crippen LogP contribution < -0.4 is 9.46 Å². The number of nitrogens with one attached hydrogen (secondary N) is 1. The standard InChI is InChI=1S/C20H17ClN2O4S/c1-13-9-15-11-17(12-18(21)19(15)27-13)28(25,26)22-20(24)14-5-4-6-16(10-14)23-7-2-3-8-23/h2-8,10-13H,9H2,1H3,(H,22,24). The third kappa shape index (κ3) is 3.50. The monoisotopic (exact) mass is 416 g/mol. The molecule has 2 aromatic carbocycles. The van der Waals surface area contributed by atoms with Crippen molar-refractivity contribution in [2.24, 2.45) is 0 Å². The van der Waals surface area contributed by atoms with E-state index >= 15 is 0 Å². The number of aromatic nitrogens is 1. The van der Waals surface area contributed by atoms with Gasteiger partial charge in [-0.2, -0.15) is 0 Å².